The second-order valence-corrected chi connectivity index (χ2v) is 9.85. The second kappa shape index (κ2) is 6.75. The monoisotopic (exact) mass is 388 g/mol. The molecule has 27 heavy (non-hydrogen) atoms. The van der Waals surface area contributed by atoms with Crippen molar-refractivity contribution in [1.82, 2.24) is 5.48 Å². The van der Waals surface area contributed by atoms with Crippen LogP contribution in [0, 0.1) is 35.5 Å². The lowest BCUT2D eigenvalue weighted by atomic mass is 9.56. The predicted octanol–water partition coefficient (Wildman–Crippen LogP) is 2.58. The number of hydrogen-bond acceptors (Lipinski definition) is 5. The number of amides is 1. The van der Waals surface area contributed by atoms with Crippen molar-refractivity contribution in [2.24, 2.45) is 41.2 Å². The van der Waals surface area contributed by atoms with Crippen molar-refractivity contribution in [2.45, 2.75) is 44.1 Å². The first-order valence-corrected chi connectivity index (χ1v) is 11.3. The van der Waals surface area contributed by atoms with E-state index in [0.717, 1.165) is 43.5 Å². The average Bonchev–Trinajstić information content (AvgIpc) is 3.23. The Labute approximate surface area is 164 Å². The average molecular weight is 389 g/mol. The molecule has 0 bridgehead atoms. The molecular formula is C21H28N2O3S. The lowest BCUT2D eigenvalue weighted by Gasteiger charge is -2.49. The Morgan fingerprint density at radius 2 is 2.15 bits per heavy atom. The SMILES string of the molecule is NC(=O)CSC(=O)C12ONCC1CC1C3CCC4=CCC=CC4C3CCC12. The number of primary amides is 1. The van der Waals surface area contributed by atoms with Gasteiger partial charge in [-0.25, -0.2) is 5.48 Å². The molecule has 5 nitrogen and oxygen atoms in total. The third-order valence-corrected chi connectivity index (χ3v) is 8.90. The Hall–Kier alpha value is -1.11. The molecule has 7 unspecified atom stereocenters. The van der Waals surface area contributed by atoms with Crippen LogP contribution in [0.4, 0.5) is 0 Å². The third-order valence-electron chi connectivity index (χ3n) is 7.89. The summed E-state index contributed by atoms with van der Waals surface area (Å²) in [7, 11) is 0. The van der Waals surface area contributed by atoms with Crippen LogP contribution in [0.3, 0.4) is 0 Å². The fourth-order valence-electron chi connectivity index (χ4n) is 6.96. The van der Waals surface area contributed by atoms with E-state index in [-0.39, 0.29) is 22.7 Å². The van der Waals surface area contributed by atoms with Gasteiger partial charge in [0, 0.05) is 24.3 Å². The molecule has 3 saturated carbocycles. The van der Waals surface area contributed by atoms with E-state index < -0.39 is 11.5 Å². The number of hydrogen-bond donors (Lipinski definition) is 2. The van der Waals surface area contributed by atoms with Gasteiger partial charge in [-0.05, 0) is 56.3 Å². The summed E-state index contributed by atoms with van der Waals surface area (Å²) >= 11 is 1.05. The predicted molar refractivity (Wildman–Crippen MR) is 104 cm³/mol. The highest BCUT2D eigenvalue weighted by atomic mass is 32.2. The zero-order valence-electron chi connectivity index (χ0n) is 15.6. The summed E-state index contributed by atoms with van der Waals surface area (Å²) in [6.07, 6.45) is 14.0. The van der Waals surface area contributed by atoms with Crippen LogP contribution in [-0.4, -0.2) is 28.9 Å². The molecule has 1 heterocycles. The van der Waals surface area contributed by atoms with Gasteiger partial charge in [0.15, 0.2) is 5.60 Å². The molecule has 0 aromatic heterocycles. The molecule has 7 atom stereocenters. The quantitative estimate of drug-likeness (QED) is 0.726. The van der Waals surface area contributed by atoms with Gasteiger partial charge in [-0.1, -0.05) is 35.6 Å². The summed E-state index contributed by atoms with van der Waals surface area (Å²) in [5, 5.41) is 0.0104. The van der Waals surface area contributed by atoms with Crippen LogP contribution in [0.25, 0.3) is 0 Å². The van der Waals surface area contributed by atoms with E-state index >= 15 is 0 Å². The van der Waals surface area contributed by atoms with Crippen molar-refractivity contribution >= 4 is 22.8 Å². The van der Waals surface area contributed by atoms with Gasteiger partial charge in [-0.15, -0.1) is 0 Å². The molecular weight excluding hydrogens is 360 g/mol. The molecule has 0 radical (unpaired) electrons. The van der Waals surface area contributed by atoms with Gasteiger partial charge in [-0.2, -0.15) is 0 Å². The fraction of sp³-hybridized carbons (Fsp3) is 0.714. The minimum absolute atomic E-state index is 0.0104. The standard InChI is InChI=1S/C21H28N2O3S/c22-19(24)11-27-20(25)21-13(10-23-26-21)9-17-16-6-5-12-3-1-2-4-14(12)15(16)7-8-18(17)21/h2-4,13-18,23H,1,5-11H2,(H2,22,24). The summed E-state index contributed by atoms with van der Waals surface area (Å²) in [5.74, 6) is 2.68. The normalized spacial score (nSPS) is 44.7. The van der Waals surface area contributed by atoms with E-state index in [1.54, 1.807) is 5.57 Å². The number of allylic oxidation sites excluding steroid dienone is 4. The van der Waals surface area contributed by atoms with Crippen LogP contribution in [0.2, 0.25) is 0 Å². The van der Waals surface area contributed by atoms with Crippen molar-refractivity contribution < 1.29 is 14.4 Å². The molecule has 4 aliphatic carbocycles. The molecule has 5 rings (SSSR count). The number of nitrogens with one attached hydrogen (secondary N) is 1. The molecule has 146 valence electrons. The van der Waals surface area contributed by atoms with Crippen molar-refractivity contribution in [1.29, 1.82) is 0 Å². The Morgan fingerprint density at radius 3 is 3.00 bits per heavy atom. The molecule has 3 N–H and O–H groups in total. The molecule has 0 spiro atoms. The minimum Gasteiger partial charge on any atom is -0.369 e. The zero-order valence-corrected chi connectivity index (χ0v) is 16.4. The van der Waals surface area contributed by atoms with Gasteiger partial charge in [0.05, 0.1) is 5.75 Å². The first-order valence-electron chi connectivity index (χ1n) is 10.3. The molecule has 1 amide bonds. The topological polar surface area (TPSA) is 81.4 Å². The molecule has 1 saturated heterocycles. The Bertz CT molecular complexity index is 720. The summed E-state index contributed by atoms with van der Waals surface area (Å²) in [6, 6.07) is 0. The minimum atomic E-state index is -0.756. The second-order valence-electron chi connectivity index (χ2n) is 8.90. The van der Waals surface area contributed by atoms with Gasteiger partial charge in [0.1, 0.15) is 0 Å². The van der Waals surface area contributed by atoms with Gasteiger partial charge >= 0.3 is 0 Å². The smallest absolute Gasteiger partial charge is 0.227 e. The highest BCUT2D eigenvalue weighted by Crippen LogP contribution is 2.62. The Kier molecular flexibility index (Phi) is 4.49. The largest absolute Gasteiger partial charge is 0.369 e. The first-order chi connectivity index (χ1) is 13.1. The maximum absolute atomic E-state index is 13.2. The summed E-state index contributed by atoms with van der Waals surface area (Å²) < 4.78 is 0. The van der Waals surface area contributed by atoms with Gasteiger partial charge < -0.3 is 5.73 Å². The first kappa shape index (κ1) is 18.0. The number of thioether (sulfide) groups is 1. The fourth-order valence-corrected chi connectivity index (χ4v) is 7.82. The van der Waals surface area contributed by atoms with Gasteiger partial charge in [-0.3, -0.25) is 14.4 Å². The van der Waals surface area contributed by atoms with Gasteiger partial charge in [0.2, 0.25) is 11.0 Å². The molecule has 5 aliphatic rings. The van der Waals surface area contributed by atoms with E-state index in [9.17, 15) is 9.59 Å². The molecule has 1 aliphatic heterocycles. The molecule has 0 aromatic rings. The Morgan fingerprint density at radius 1 is 1.26 bits per heavy atom. The highest BCUT2D eigenvalue weighted by Gasteiger charge is 2.66. The van der Waals surface area contributed by atoms with E-state index in [1.165, 1.54) is 19.3 Å². The maximum Gasteiger partial charge on any atom is 0.227 e. The van der Waals surface area contributed by atoms with Crippen LogP contribution in [0.5, 0.6) is 0 Å². The van der Waals surface area contributed by atoms with E-state index in [4.69, 9.17) is 10.6 Å². The van der Waals surface area contributed by atoms with Crippen LogP contribution in [0.15, 0.2) is 23.8 Å². The third kappa shape index (κ3) is 2.67. The molecule has 0 aromatic carbocycles. The van der Waals surface area contributed by atoms with E-state index in [1.807, 2.05) is 0 Å². The van der Waals surface area contributed by atoms with Gasteiger partial charge in [0.25, 0.3) is 0 Å². The van der Waals surface area contributed by atoms with Crippen molar-refractivity contribution in [2.75, 3.05) is 12.3 Å². The summed E-state index contributed by atoms with van der Waals surface area (Å²) in [5.41, 5.74) is 9.18. The summed E-state index contributed by atoms with van der Waals surface area (Å²) in [6.45, 7) is 0.738. The maximum atomic E-state index is 13.2. The van der Waals surface area contributed by atoms with Crippen LogP contribution in [-0.2, 0) is 14.4 Å². The molecule has 4 fully saturated rings. The molecule has 6 heteroatoms. The number of nitrogens with two attached hydrogens (primary N) is 1. The number of carbonyl (C=O) groups excluding carboxylic acids is 2. The Balaban J connectivity index is 1.41. The van der Waals surface area contributed by atoms with Crippen LogP contribution >= 0.6 is 11.8 Å². The van der Waals surface area contributed by atoms with E-state index in [2.05, 4.69) is 23.7 Å². The number of carbonyl (C=O) groups is 2. The van der Waals surface area contributed by atoms with Crippen LogP contribution < -0.4 is 11.2 Å². The number of rotatable bonds is 3. The zero-order chi connectivity index (χ0) is 18.6. The number of fused-ring (bicyclic) bond motifs is 7. The lowest BCUT2D eigenvalue weighted by Crippen LogP contribution is -2.51. The number of hydroxylamine groups is 1. The van der Waals surface area contributed by atoms with Crippen LogP contribution in [0.1, 0.15) is 38.5 Å². The highest BCUT2D eigenvalue weighted by molar-refractivity contribution is 8.14. The lowest BCUT2D eigenvalue weighted by molar-refractivity contribution is -0.151. The van der Waals surface area contributed by atoms with E-state index in [0.29, 0.717) is 17.8 Å². The van der Waals surface area contributed by atoms with Crippen molar-refractivity contribution in [3.8, 4) is 0 Å². The van der Waals surface area contributed by atoms with Crippen molar-refractivity contribution in [3.63, 3.8) is 0 Å². The van der Waals surface area contributed by atoms with Crippen molar-refractivity contribution in [3.05, 3.63) is 23.8 Å². The summed E-state index contributed by atoms with van der Waals surface area (Å²) in [4.78, 5) is 30.4.